The second-order valence-electron chi connectivity index (χ2n) is 3.58. The molecule has 0 spiro atoms. The maximum atomic E-state index is 11.4. The lowest BCUT2D eigenvalue weighted by atomic mass is 10.4. The Balaban J connectivity index is 1.91. The zero-order valence-corrected chi connectivity index (χ0v) is 10.1. The highest BCUT2D eigenvalue weighted by molar-refractivity contribution is 7.98. The second-order valence-corrected chi connectivity index (χ2v) is 4.55. The lowest BCUT2D eigenvalue weighted by molar-refractivity contribution is 1.01. The molecule has 2 N–H and O–H groups in total. The highest BCUT2D eigenvalue weighted by Gasteiger charge is 2.08. The molecule has 3 aromatic rings. The predicted octanol–water partition coefficient (Wildman–Crippen LogP) is 1.33. The number of aromatic amines is 2. The number of nitrogens with one attached hydrogen (secondary N) is 2. The van der Waals surface area contributed by atoms with Crippen molar-refractivity contribution in [2.24, 2.45) is 0 Å². The average Bonchev–Trinajstić information content (AvgIpc) is 2.85. The fourth-order valence-electron chi connectivity index (χ4n) is 1.56. The largest absolute Gasteiger partial charge is 0.347 e. The fraction of sp³-hybridized carbons (Fsp3) is 0.0909. The van der Waals surface area contributed by atoms with Gasteiger partial charge in [0.1, 0.15) is 10.5 Å². The zero-order valence-electron chi connectivity index (χ0n) is 9.25. The van der Waals surface area contributed by atoms with Gasteiger partial charge in [0.05, 0.1) is 12.0 Å². The van der Waals surface area contributed by atoms with Crippen LogP contribution < -0.4 is 5.69 Å². The van der Waals surface area contributed by atoms with E-state index in [2.05, 4.69) is 24.9 Å². The highest BCUT2D eigenvalue weighted by Crippen LogP contribution is 2.23. The maximum absolute atomic E-state index is 11.4. The van der Waals surface area contributed by atoms with E-state index in [1.807, 2.05) is 18.2 Å². The van der Waals surface area contributed by atoms with Crippen LogP contribution in [0.3, 0.4) is 0 Å². The molecular weight excluding hydrogens is 250 g/mol. The summed E-state index contributed by atoms with van der Waals surface area (Å²) in [5, 5.41) is 0.636. The lowest BCUT2D eigenvalue weighted by Gasteiger charge is -2.00. The van der Waals surface area contributed by atoms with Gasteiger partial charge < -0.3 is 4.98 Å². The van der Waals surface area contributed by atoms with Crippen LogP contribution in [0.15, 0.2) is 40.5 Å². The van der Waals surface area contributed by atoms with Crippen LogP contribution in [0.4, 0.5) is 0 Å². The Hall–Kier alpha value is -2.15. The fourth-order valence-corrected chi connectivity index (χ4v) is 2.46. The van der Waals surface area contributed by atoms with Crippen molar-refractivity contribution < 1.29 is 0 Å². The van der Waals surface area contributed by atoms with Gasteiger partial charge in [0, 0.05) is 11.9 Å². The summed E-state index contributed by atoms with van der Waals surface area (Å²) >= 11 is 1.46. The smallest absolute Gasteiger partial charge is 0.341 e. The number of nitrogens with zero attached hydrogens (tertiary/aromatic N) is 3. The molecule has 0 bridgehead atoms. The van der Waals surface area contributed by atoms with Gasteiger partial charge in [0.2, 0.25) is 0 Å². The number of hydrogen-bond donors (Lipinski definition) is 2. The lowest BCUT2D eigenvalue weighted by Crippen LogP contribution is -2.11. The molecule has 0 aliphatic heterocycles. The van der Waals surface area contributed by atoms with Crippen molar-refractivity contribution in [3.05, 3.63) is 46.9 Å². The minimum Gasteiger partial charge on any atom is -0.341 e. The van der Waals surface area contributed by atoms with Crippen LogP contribution in [-0.4, -0.2) is 24.9 Å². The van der Waals surface area contributed by atoms with Crippen molar-refractivity contribution in [1.82, 2.24) is 24.9 Å². The minimum absolute atomic E-state index is 0.391. The van der Waals surface area contributed by atoms with Gasteiger partial charge in [0.15, 0.2) is 5.65 Å². The van der Waals surface area contributed by atoms with Crippen LogP contribution in [0.1, 0.15) is 5.69 Å². The summed E-state index contributed by atoms with van der Waals surface area (Å²) in [6, 6.07) is 5.73. The van der Waals surface area contributed by atoms with Crippen molar-refractivity contribution >= 4 is 22.9 Å². The number of thioether (sulfide) groups is 1. The minimum atomic E-state index is -0.391. The summed E-state index contributed by atoms with van der Waals surface area (Å²) in [4.78, 5) is 29.1. The predicted molar refractivity (Wildman–Crippen MR) is 68.3 cm³/mol. The summed E-state index contributed by atoms with van der Waals surface area (Å²) in [6.07, 6.45) is 3.28. The van der Waals surface area contributed by atoms with Crippen molar-refractivity contribution in [3.63, 3.8) is 0 Å². The third kappa shape index (κ3) is 2.12. The molecule has 3 heterocycles. The molecule has 0 aliphatic rings. The van der Waals surface area contributed by atoms with Gasteiger partial charge in [-0.25, -0.2) is 9.78 Å². The molecule has 7 heteroatoms. The molecule has 0 aromatic carbocycles. The van der Waals surface area contributed by atoms with E-state index in [-0.39, 0.29) is 0 Å². The molecule has 0 fully saturated rings. The molecule has 90 valence electrons. The zero-order chi connectivity index (χ0) is 12.4. The molecular formula is C11H9N5OS. The van der Waals surface area contributed by atoms with E-state index in [4.69, 9.17) is 0 Å². The molecule has 0 amide bonds. The normalized spacial score (nSPS) is 10.9. The Bertz CT molecular complexity index is 721. The molecule has 0 unspecified atom stereocenters. The van der Waals surface area contributed by atoms with Gasteiger partial charge in [-0.1, -0.05) is 17.8 Å². The van der Waals surface area contributed by atoms with E-state index < -0.39 is 5.69 Å². The molecule has 0 radical (unpaired) electrons. The van der Waals surface area contributed by atoms with Gasteiger partial charge in [-0.2, -0.15) is 4.98 Å². The van der Waals surface area contributed by atoms with E-state index in [1.54, 1.807) is 6.20 Å². The van der Waals surface area contributed by atoms with E-state index >= 15 is 0 Å². The summed E-state index contributed by atoms with van der Waals surface area (Å²) < 4.78 is 0. The summed E-state index contributed by atoms with van der Waals surface area (Å²) in [5.41, 5.74) is 1.82. The second kappa shape index (κ2) is 4.61. The van der Waals surface area contributed by atoms with Crippen molar-refractivity contribution in [2.75, 3.05) is 0 Å². The molecule has 3 aromatic heterocycles. The molecule has 6 nitrogen and oxygen atoms in total. The van der Waals surface area contributed by atoms with Gasteiger partial charge in [-0.15, -0.1) is 0 Å². The first-order valence-corrected chi connectivity index (χ1v) is 6.27. The van der Waals surface area contributed by atoms with Crippen LogP contribution in [0.25, 0.3) is 11.2 Å². The molecule has 0 aliphatic carbocycles. The van der Waals surface area contributed by atoms with Crippen LogP contribution in [-0.2, 0) is 5.75 Å². The Morgan fingerprint density at radius 2 is 2.22 bits per heavy atom. The average molecular weight is 259 g/mol. The third-order valence-electron chi connectivity index (χ3n) is 2.36. The number of pyridine rings is 1. The van der Waals surface area contributed by atoms with Crippen molar-refractivity contribution in [3.8, 4) is 0 Å². The number of hydrogen-bond acceptors (Lipinski definition) is 5. The number of imidazole rings is 1. The van der Waals surface area contributed by atoms with Crippen LogP contribution in [0.5, 0.6) is 0 Å². The maximum Gasteiger partial charge on any atom is 0.347 e. The highest BCUT2D eigenvalue weighted by atomic mass is 32.2. The van der Waals surface area contributed by atoms with E-state index in [9.17, 15) is 4.79 Å². The SMILES string of the molecule is O=c1nc(SCc2ccccn2)c2[nH]cnc2[nH]1. The number of fused-ring (bicyclic) bond motifs is 1. The van der Waals surface area contributed by atoms with E-state index in [0.717, 1.165) is 11.2 Å². The van der Waals surface area contributed by atoms with E-state index in [0.29, 0.717) is 16.4 Å². The van der Waals surface area contributed by atoms with Gasteiger partial charge >= 0.3 is 5.69 Å². The Labute approximate surface area is 106 Å². The molecule has 0 saturated heterocycles. The number of aromatic nitrogens is 5. The first-order chi connectivity index (χ1) is 8.83. The summed E-state index contributed by atoms with van der Waals surface area (Å²) in [7, 11) is 0. The van der Waals surface area contributed by atoms with Crippen molar-refractivity contribution in [1.29, 1.82) is 0 Å². The molecule has 18 heavy (non-hydrogen) atoms. The van der Waals surface area contributed by atoms with Crippen LogP contribution >= 0.6 is 11.8 Å². The Morgan fingerprint density at radius 1 is 1.28 bits per heavy atom. The number of H-pyrrole nitrogens is 2. The Morgan fingerprint density at radius 3 is 3.06 bits per heavy atom. The topological polar surface area (TPSA) is 87.3 Å². The van der Waals surface area contributed by atoms with Gasteiger partial charge in [-0.3, -0.25) is 9.97 Å². The monoisotopic (exact) mass is 259 g/mol. The number of rotatable bonds is 3. The summed E-state index contributed by atoms with van der Waals surface area (Å²) in [6.45, 7) is 0. The standard InChI is InChI=1S/C11H9N5OS/c17-11-15-9-8(13-6-14-9)10(16-11)18-5-7-3-1-2-4-12-7/h1-4,6H,5H2,(H2,13,14,15,16,17). The molecule has 0 saturated carbocycles. The van der Waals surface area contributed by atoms with E-state index in [1.165, 1.54) is 18.1 Å². The Kier molecular flexibility index (Phi) is 2.81. The first-order valence-electron chi connectivity index (χ1n) is 5.29. The molecule has 3 rings (SSSR count). The van der Waals surface area contributed by atoms with Crippen molar-refractivity contribution in [2.45, 2.75) is 10.8 Å². The third-order valence-corrected chi connectivity index (χ3v) is 3.37. The van der Waals surface area contributed by atoms with Gasteiger partial charge in [-0.05, 0) is 12.1 Å². The van der Waals surface area contributed by atoms with Gasteiger partial charge in [0.25, 0.3) is 0 Å². The first kappa shape index (κ1) is 11.0. The van der Waals surface area contributed by atoms with Crippen LogP contribution in [0.2, 0.25) is 0 Å². The quantitative estimate of drug-likeness (QED) is 0.547. The summed E-state index contributed by atoms with van der Waals surface area (Å²) in [5.74, 6) is 0.658. The molecule has 0 atom stereocenters. The van der Waals surface area contributed by atoms with Crippen LogP contribution in [0, 0.1) is 0 Å².